The Labute approximate surface area is 149 Å². The lowest BCUT2D eigenvalue weighted by atomic mass is 9.85. The van der Waals surface area contributed by atoms with E-state index in [2.05, 4.69) is 15.9 Å². The normalized spacial score (nSPS) is 17.8. The van der Waals surface area contributed by atoms with Gasteiger partial charge >= 0.3 is 18.5 Å². The Morgan fingerprint density at radius 3 is 1.46 bits per heavy atom. The van der Waals surface area contributed by atoms with Crippen LogP contribution in [0, 0.1) is 0 Å². The zero-order valence-corrected chi connectivity index (χ0v) is 14.6. The van der Waals surface area contributed by atoms with E-state index in [0.29, 0.717) is 6.07 Å². The topological polar surface area (TPSA) is 40.5 Å². The highest BCUT2D eigenvalue weighted by atomic mass is 79.9. The summed E-state index contributed by atoms with van der Waals surface area (Å²) in [7, 11) is 0. The number of hydrogen-bond acceptors (Lipinski definition) is 2. The number of alkyl halides is 10. The standard InChI is InChI=1S/C14H12BrF9O2/c1-6(15)7-3-8(10(2,25)12(16,17)18)5-9(4-7)11(26,13(19,20)21)14(22,23)24/h3-6,25-26H,1-2H3. The highest BCUT2D eigenvalue weighted by molar-refractivity contribution is 9.09. The van der Waals surface area contributed by atoms with Crippen LogP contribution < -0.4 is 0 Å². The minimum absolute atomic E-state index is 0.159. The van der Waals surface area contributed by atoms with Gasteiger partial charge in [-0.05, 0) is 31.0 Å². The summed E-state index contributed by atoms with van der Waals surface area (Å²) in [6.45, 7) is 1.40. The Balaban J connectivity index is 3.89. The lowest BCUT2D eigenvalue weighted by Crippen LogP contribution is -2.54. The maximum Gasteiger partial charge on any atom is 0.430 e. The molecule has 0 fully saturated rings. The second-order valence-corrected chi connectivity index (χ2v) is 7.11. The maximum absolute atomic E-state index is 13.0. The molecular formula is C14H12BrF9O2. The Morgan fingerprint density at radius 2 is 1.15 bits per heavy atom. The molecule has 0 heterocycles. The second-order valence-electron chi connectivity index (χ2n) is 5.74. The van der Waals surface area contributed by atoms with Crippen molar-refractivity contribution in [1.82, 2.24) is 0 Å². The Kier molecular flexibility index (Phi) is 5.80. The SMILES string of the molecule is CC(Br)c1cc(C(C)(O)C(F)(F)F)cc(C(O)(C(F)(F)F)C(F)(F)F)c1. The molecule has 12 heteroatoms. The van der Waals surface area contributed by atoms with Gasteiger partial charge in [-0.1, -0.05) is 28.1 Å². The van der Waals surface area contributed by atoms with Crippen molar-refractivity contribution in [2.45, 2.75) is 48.4 Å². The Hall–Kier alpha value is -1.01. The fraction of sp³-hybridized carbons (Fsp3) is 0.571. The van der Waals surface area contributed by atoms with E-state index in [1.165, 1.54) is 6.92 Å². The zero-order chi connectivity index (χ0) is 20.9. The van der Waals surface area contributed by atoms with Crippen LogP contribution >= 0.6 is 15.9 Å². The fourth-order valence-corrected chi connectivity index (χ4v) is 2.29. The first-order valence-electron chi connectivity index (χ1n) is 6.71. The highest BCUT2D eigenvalue weighted by Crippen LogP contribution is 2.51. The third-order valence-electron chi connectivity index (χ3n) is 3.77. The van der Waals surface area contributed by atoms with Gasteiger partial charge in [0.1, 0.15) is 0 Å². The van der Waals surface area contributed by atoms with Crippen LogP contribution in [0.15, 0.2) is 18.2 Å². The Bertz CT molecular complexity index is 646. The molecule has 0 aliphatic rings. The van der Waals surface area contributed by atoms with E-state index in [9.17, 15) is 49.7 Å². The molecule has 0 aliphatic heterocycles. The van der Waals surface area contributed by atoms with Crippen molar-refractivity contribution in [2.24, 2.45) is 0 Å². The summed E-state index contributed by atoms with van der Waals surface area (Å²) in [5.41, 5.74) is -12.8. The van der Waals surface area contributed by atoms with Crippen molar-refractivity contribution >= 4 is 15.9 Å². The van der Waals surface area contributed by atoms with E-state index in [1.807, 2.05) is 0 Å². The van der Waals surface area contributed by atoms with E-state index in [-0.39, 0.29) is 19.1 Å². The molecule has 2 atom stereocenters. The first-order chi connectivity index (χ1) is 11.3. The molecule has 150 valence electrons. The Morgan fingerprint density at radius 1 is 0.769 bits per heavy atom. The van der Waals surface area contributed by atoms with Gasteiger partial charge in [-0.25, -0.2) is 0 Å². The molecule has 1 aromatic carbocycles. The summed E-state index contributed by atoms with van der Waals surface area (Å²) in [6, 6.07) is 0.716. The number of halogens is 10. The summed E-state index contributed by atoms with van der Waals surface area (Å²) in [6.07, 6.45) is -17.9. The smallest absolute Gasteiger partial charge is 0.376 e. The number of hydrogen-bond donors (Lipinski definition) is 2. The van der Waals surface area contributed by atoms with Crippen LogP contribution in [-0.2, 0) is 11.2 Å². The van der Waals surface area contributed by atoms with Gasteiger partial charge in [0, 0.05) is 10.4 Å². The largest absolute Gasteiger partial charge is 0.430 e. The van der Waals surface area contributed by atoms with Gasteiger partial charge in [-0.15, -0.1) is 0 Å². The van der Waals surface area contributed by atoms with Gasteiger partial charge in [-0.2, -0.15) is 39.5 Å². The van der Waals surface area contributed by atoms with Crippen molar-refractivity contribution < 1.29 is 49.7 Å². The lowest BCUT2D eigenvalue weighted by Gasteiger charge is -2.35. The van der Waals surface area contributed by atoms with E-state index in [4.69, 9.17) is 0 Å². The van der Waals surface area contributed by atoms with Crippen LogP contribution in [0.3, 0.4) is 0 Å². The van der Waals surface area contributed by atoms with Gasteiger partial charge in [0.05, 0.1) is 0 Å². The maximum atomic E-state index is 13.0. The molecule has 0 bridgehead atoms. The molecule has 1 rings (SSSR count). The monoisotopic (exact) mass is 462 g/mol. The predicted molar refractivity (Wildman–Crippen MR) is 75.4 cm³/mol. The second kappa shape index (κ2) is 6.55. The molecule has 0 aliphatic carbocycles. The third-order valence-corrected chi connectivity index (χ3v) is 4.30. The van der Waals surface area contributed by atoms with E-state index in [0.717, 1.165) is 0 Å². The van der Waals surface area contributed by atoms with Gasteiger partial charge in [0.2, 0.25) is 0 Å². The molecule has 0 saturated heterocycles. The van der Waals surface area contributed by atoms with E-state index in [1.54, 1.807) is 0 Å². The highest BCUT2D eigenvalue weighted by Gasteiger charge is 2.71. The van der Waals surface area contributed by atoms with E-state index >= 15 is 0 Å². The molecule has 0 saturated carbocycles. The average Bonchev–Trinajstić information content (AvgIpc) is 2.42. The molecule has 0 spiro atoms. The van der Waals surface area contributed by atoms with Crippen molar-refractivity contribution in [1.29, 1.82) is 0 Å². The molecule has 26 heavy (non-hydrogen) atoms. The van der Waals surface area contributed by atoms with Crippen LogP contribution in [0.25, 0.3) is 0 Å². The molecule has 2 N–H and O–H groups in total. The molecule has 0 aromatic heterocycles. The summed E-state index contributed by atoms with van der Waals surface area (Å²) in [4.78, 5) is -0.976. The quantitative estimate of drug-likeness (QED) is 0.477. The van der Waals surface area contributed by atoms with Crippen molar-refractivity contribution in [3.63, 3.8) is 0 Å². The molecule has 1 aromatic rings. The minimum atomic E-state index is -6.28. The lowest BCUT2D eigenvalue weighted by molar-refractivity contribution is -0.376. The first kappa shape index (κ1) is 23.0. The molecule has 0 amide bonds. The van der Waals surface area contributed by atoms with Gasteiger partial charge in [-0.3, -0.25) is 0 Å². The van der Waals surface area contributed by atoms with Gasteiger partial charge in [0.15, 0.2) is 5.60 Å². The number of rotatable bonds is 3. The van der Waals surface area contributed by atoms with Gasteiger partial charge < -0.3 is 10.2 Å². The molecular weight excluding hydrogens is 451 g/mol. The van der Waals surface area contributed by atoms with Crippen LogP contribution in [0.4, 0.5) is 39.5 Å². The van der Waals surface area contributed by atoms with Crippen LogP contribution in [0.5, 0.6) is 0 Å². The zero-order valence-electron chi connectivity index (χ0n) is 13.0. The molecule has 0 radical (unpaired) electrons. The number of aliphatic hydroxyl groups is 2. The van der Waals surface area contributed by atoms with Crippen LogP contribution in [0.1, 0.15) is 35.4 Å². The number of benzene rings is 1. The minimum Gasteiger partial charge on any atom is -0.376 e. The van der Waals surface area contributed by atoms with Gasteiger partial charge in [0.25, 0.3) is 5.60 Å². The summed E-state index contributed by atoms with van der Waals surface area (Å²) < 4.78 is 117. The fourth-order valence-electron chi connectivity index (χ4n) is 2.02. The first-order valence-corrected chi connectivity index (χ1v) is 7.63. The molecule has 2 unspecified atom stereocenters. The van der Waals surface area contributed by atoms with Crippen molar-refractivity contribution in [3.05, 3.63) is 34.9 Å². The third kappa shape index (κ3) is 3.81. The van der Waals surface area contributed by atoms with Crippen molar-refractivity contribution in [3.8, 4) is 0 Å². The van der Waals surface area contributed by atoms with Crippen LogP contribution in [-0.4, -0.2) is 28.7 Å². The predicted octanol–water partition coefficient (Wildman–Crippen LogP) is 5.22. The summed E-state index contributed by atoms with van der Waals surface area (Å²) >= 11 is 2.83. The van der Waals surface area contributed by atoms with E-state index < -0.39 is 51.2 Å². The van der Waals surface area contributed by atoms with Crippen molar-refractivity contribution in [2.75, 3.05) is 0 Å². The summed E-state index contributed by atoms with van der Waals surface area (Å²) in [5, 5.41) is 19.1. The van der Waals surface area contributed by atoms with Crippen LogP contribution in [0.2, 0.25) is 0 Å². The average molecular weight is 463 g/mol. The molecule has 2 nitrogen and oxygen atoms in total. The summed E-state index contributed by atoms with van der Waals surface area (Å²) in [5.74, 6) is 0.